The van der Waals surface area contributed by atoms with Gasteiger partial charge in [0.25, 0.3) is 5.69 Å². The van der Waals surface area contributed by atoms with E-state index in [0.29, 0.717) is 37.6 Å². The van der Waals surface area contributed by atoms with Crippen LogP contribution in [-0.2, 0) is 0 Å². The molecule has 1 aliphatic heterocycles. The lowest BCUT2D eigenvalue weighted by Gasteiger charge is -2.35. The van der Waals surface area contributed by atoms with Crippen molar-refractivity contribution in [3.05, 3.63) is 28.3 Å². The molecule has 1 saturated heterocycles. The minimum atomic E-state index is -0.948. The Bertz CT molecular complexity index is 526. The first-order chi connectivity index (χ1) is 9.52. The summed E-state index contributed by atoms with van der Waals surface area (Å²) >= 11 is 0. The number of hydrogen-bond acceptors (Lipinski definition) is 5. The zero-order valence-electron chi connectivity index (χ0n) is 11.0. The van der Waals surface area contributed by atoms with Gasteiger partial charge in [0.2, 0.25) is 0 Å². The van der Waals surface area contributed by atoms with Crippen LogP contribution < -0.4 is 9.64 Å². The van der Waals surface area contributed by atoms with Crippen molar-refractivity contribution in [2.24, 2.45) is 0 Å². The van der Waals surface area contributed by atoms with E-state index in [4.69, 9.17) is 9.84 Å². The molecular weight excluding hydrogens is 266 g/mol. The summed E-state index contributed by atoms with van der Waals surface area (Å²) in [6.07, 6.45) is -0.948. The summed E-state index contributed by atoms with van der Waals surface area (Å²) in [4.78, 5) is 24.4. The van der Waals surface area contributed by atoms with Gasteiger partial charge in [0.05, 0.1) is 17.7 Å². The topological polar surface area (TPSA) is 96.2 Å². The van der Waals surface area contributed by atoms with Crippen molar-refractivity contribution in [1.82, 2.24) is 4.90 Å². The van der Waals surface area contributed by atoms with E-state index in [1.165, 1.54) is 24.1 Å². The fraction of sp³-hybridized carbons (Fsp3) is 0.417. The van der Waals surface area contributed by atoms with Gasteiger partial charge in [-0.1, -0.05) is 0 Å². The lowest BCUT2D eigenvalue weighted by atomic mass is 10.2. The predicted molar refractivity (Wildman–Crippen MR) is 71.5 cm³/mol. The summed E-state index contributed by atoms with van der Waals surface area (Å²) in [5.41, 5.74) is 0.605. The minimum absolute atomic E-state index is 0.0125. The highest BCUT2D eigenvalue weighted by molar-refractivity contribution is 5.67. The summed E-state index contributed by atoms with van der Waals surface area (Å²) in [5.74, 6) is 0.541. The average Bonchev–Trinajstić information content (AvgIpc) is 2.46. The summed E-state index contributed by atoms with van der Waals surface area (Å²) in [7, 11) is 1.50. The van der Waals surface area contributed by atoms with Gasteiger partial charge < -0.3 is 19.6 Å². The van der Waals surface area contributed by atoms with E-state index in [2.05, 4.69) is 0 Å². The van der Waals surface area contributed by atoms with E-state index in [1.807, 2.05) is 4.90 Å². The van der Waals surface area contributed by atoms with Crippen LogP contribution in [0.5, 0.6) is 5.75 Å². The fourth-order valence-electron chi connectivity index (χ4n) is 2.18. The number of benzene rings is 1. The number of methoxy groups -OCH3 is 1. The Balaban J connectivity index is 2.21. The smallest absolute Gasteiger partial charge is 0.407 e. The zero-order chi connectivity index (χ0) is 14.7. The largest absolute Gasteiger partial charge is 0.495 e. The number of ether oxygens (including phenoxy) is 1. The molecule has 1 aromatic carbocycles. The molecule has 2 rings (SSSR count). The third kappa shape index (κ3) is 2.73. The Morgan fingerprint density at radius 3 is 2.50 bits per heavy atom. The second-order valence-corrected chi connectivity index (χ2v) is 4.37. The van der Waals surface area contributed by atoms with E-state index in [0.717, 1.165) is 0 Å². The number of piperazine rings is 1. The summed E-state index contributed by atoms with van der Waals surface area (Å²) < 4.78 is 5.21. The molecule has 1 aliphatic rings. The van der Waals surface area contributed by atoms with Crippen LogP contribution in [0.25, 0.3) is 0 Å². The molecule has 8 heteroatoms. The zero-order valence-corrected chi connectivity index (χ0v) is 11.0. The van der Waals surface area contributed by atoms with E-state index in [1.54, 1.807) is 6.07 Å². The third-order valence-corrected chi connectivity index (χ3v) is 3.26. The average molecular weight is 281 g/mol. The van der Waals surface area contributed by atoms with Gasteiger partial charge in [-0.05, 0) is 6.07 Å². The lowest BCUT2D eigenvalue weighted by Crippen LogP contribution is -2.48. The van der Waals surface area contributed by atoms with Crippen molar-refractivity contribution in [2.45, 2.75) is 0 Å². The molecule has 0 unspecified atom stereocenters. The maximum absolute atomic E-state index is 10.9. The molecular formula is C12H15N3O5. The molecule has 108 valence electrons. The van der Waals surface area contributed by atoms with Crippen LogP contribution >= 0.6 is 0 Å². The van der Waals surface area contributed by atoms with Crippen LogP contribution in [0.4, 0.5) is 16.2 Å². The van der Waals surface area contributed by atoms with Crippen molar-refractivity contribution in [2.75, 3.05) is 38.2 Å². The van der Waals surface area contributed by atoms with Crippen LogP contribution in [0.2, 0.25) is 0 Å². The maximum Gasteiger partial charge on any atom is 0.407 e. The highest BCUT2D eigenvalue weighted by atomic mass is 16.6. The molecule has 0 radical (unpaired) electrons. The minimum Gasteiger partial charge on any atom is -0.495 e. The molecule has 0 aliphatic carbocycles. The van der Waals surface area contributed by atoms with Crippen molar-refractivity contribution < 1.29 is 19.6 Å². The molecule has 0 atom stereocenters. The predicted octanol–water partition coefficient (Wildman–Crippen LogP) is 1.40. The van der Waals surface area contributed by atoms with Crippen LogP contribution in [0.3, 0.4) is 0 Å². The molecule has 20 heavy (non-hydrogen) atoms. The first-order valence-electron chi connectivity index (χ1n) is 6.08. The van der Waals surface area contributed by atoms with E-state index >= 15 is 0 Å². The standard InChI is InChI=1S/C12H15N3O5/c1-20-11-3-2-9(15(18)19)8-10(11)13-4-6-14(7-5-13)12(16)17/h2-3,8H,4-7H2,1H3,(H,16,17). The molecule has 1 heterocycles. The molecule has 1 N–H and O–H groups in total. The summed E-state index contributed by atoms with van der Waals surface area (Å²) in [5, 5.41) is 19.7. The van der Waals surface area contributed by atoms with Crippen LogP contribution in [0.1, 0.15) is 0 Å². The Kier molecular flexibility index (Phi) is 3.92. The highest BCUT2D eigenvalue weighted by Crippen LogP contribution is 2.32. The van der Waals surface area contributed by atoms with Gasteiger partial charge in [-0.25, -0.2) is 4.79 Å². The first-order valence-corrected chi connectivity index (χ1v) is 6.08. The SMILES string of the molecule is COc1ccc([N+](=O)[O-])cc1N1CCN(C(=O)O)CC1. The van der Waals surface area contributed by atoms with Crippen LogP contribution in [0, 0.1) is 10.1 Å². The summed E-state index contributed by atoms with van der Waals surface area (Å²) in [6, 6.07) is 4.39. The number of nitro benzene ring substituents is 1. The van der Waals surface area contributed by atoms with Crippen molar-refractivity contribution in [3.8, 4) is 5.75 Å². The van der Waals surface area contributed by atoms with E-state index in [-0.39, 0.29) is 5.69 Å². The number of hydrogen-bond donors (Lipinski definition) is 1. The van der Waals surface area contributed by atoms with Gasteiger partial charge in [0, 0.05) is 38.3 Å². The normalized spacial score (nSPS) is 15.1. The fourth-order valence-corrected chi connectivity index (χ4v) is 2.18. The lowest BCUT2D eigenvalue weighted by molar-refractivity contribution is -0.384. The quantitative estimate of drug-likeness (QED) is 0.664. The molecule has 0 saturated carbocycles. The van der Waals surface area contributed by atoms with E-state index in [9.17, 15) is 14.9 Å². The van der Waals surface area contributed by atoms with E-state index < -0.39 is 11.0 Å². The molecule has 0 aromatic heterocycles. The molecule has 0 bridgehead atoms. The van der Waals surface area contributed by atoms with Crippen LogP contribution in [-0.4, -0.2) is 54.3 Å². The Morgan fingerprint density at radius 2 is 2.00 bits per heavy atom. The molecule has 8 nitrogen and oxygen atoms in total. The number of non-ortho nitro benzene ring substituents is 1. The Hall–Kier alpha value is -2.51. The molecule has 1 amide bonds. The van der Waals surface area contributed by atoms with Crippen molar-refractivity contribution in [1.29, 1.82) is 0 Å². The first kappa shape index (κ1) is 13.9. The van der Waals surface area contributed by atoms with Gasteiger partial charge in [-0.3, -0.25) is 10.1 Å². The second kappa shape index (κ2) is 5.64. The number of rotatable bonds is 3. The van der Waals surface area contributed by atoms with Crippen molar-refractivity contribution >= 4 is 17.5 Å². The van der Waals surface area contributed by atoms with Crippen LogP contribution in [0.15, 0.2) is 18.2 Å². The van der Waals surface area contributed by atoms with Gasteiger partial charge in [0.1, 0.15) is 5.75 Å². The number of anilines is 1. The Morgan fingerprint density at radius 1 is 1.35 bits per heavy atom. The van der Waals surface area contributed by atoms with Crippen molar-refractivity contribution in [3.63, 3.8) is 0 Å². The van der Waals surface area contributed by atoms with Gasteiger partial charge in [-0.15, -0.1) is 0 Å². The number of carbonyl (C=O) groups is 1. The molecule has 1 fully saturated rings. The monoisotopic (exact) mass is 281 g/mol. The number of amides is 1. The second-order valence-electron chi connectivity index (χ2n) is 4.37. The summed E-state index contributed by atoms with van der Waals surface area (Å²) in [6.45, 7) is 1.68. The molecule has 1 aromatic rings. The highest BCUT2D eigenvalue weighted by Gasteiger charge is 2.23. The number of carboxylic acid groups (broad SMARTS) is 1. The maximum atomic E-state index is 10.9. The van der Waals surface area contributed by atoms with Gasteiger partial charge in [-0.2, -0.15) is 0 Å². The third-order valence-electron chi connectivity index (χ3n) is 3.26. The molecule has 0 spiro atoms. The number of nitro groups is 1. The van der Waals surface area contributed by atoms with Gasteiger partial charge in [0.15, 0.2) is 0 Å². The number of nitrogens with zero attached hydrogens (tertiary/aromatic N) is 3. The van der Waals surface area contributed by atoms with Gasteiger partial charge >= 0.3 is 6.09 Å². The Labute approximate surface area is 115 Å².